The van der Waals surface area contributed by atoms with Crippen LogP contribution in [0, 0.1) is 0 Å². The first-order chi connectivity index (χ1) is 24.6. The smallest absolute Gasteiger partial charge is 0.344 e. The number of fused-ring (bicyclic) bond motifs is 4. The van der Waals surface area contributed by atoms with Gasteiger partial charge in [0.25, 0.3) is 0 Å². The Kier molecular flexibility index (Phi) is 12.2. The summed E-state index contributed by atoms with van der Waals surface area (Å²) in [6.45, 7) is 4.77. The lowest BCUT2D eigenvalue weighted by Crippen LogP contribution is -2.19. The molecule has 0 heterocycles. The molecule has 0 N–H and O–H groups in total. The SMILES string of the molecule is CCCCCCCCOC(=O)c1cccc(CCCCCCCC)c1C(=O)Oc1cccc2cc3cc4cc5ccccc5cc4cc3cc12. The van der Waals surface area contributed by atoms with Crippen molar-refractivity contribution in [1.29, 1.82) is 0 Å². The van der Waals surface area contributed by atoms with E-state index in [0.29, 0.717) is 24.3 Å². The van der Waals surface area contributed by atoms with E-state index < -0.39 is 11.9 Å². The molecule has 0 radical (unpaired) electrons. The molecule has 6 rings (SSSR count). The molecule has 0 bridgehead atoms. The number of ether oxygens (including phenoxy) is 2. The summed E-state index contributed by atoms with van der Waals surface area (Å²) < 4.78 is 12.0. The molecule has 0 aliphatic rings. The number of benzene rings is 6. The first-order valence-corrected chi connectivity index (χ1v) is 18.9. The van der Waals surface area contributed by atoms with E-state index in [0.717, 1.165) is 64.6 Å². The maximum atomic E-state index is 14.2. The van der Waals surface area contributed by atoms with Crippen LogP contribution in [0.1, 0.15) is 117 Å². The van der Waals surface area contributed by atoms with Crippen molar-refractivity contribution < 1.29 is 19.1 Å². The molecule has 0 amide bonds. The molecule has 0 aliphatic carbocycles. The summed E-state index contributed by atoms with van der Waals surface area (Å²) in [5, 5.41) is 8.83. The number of aryl methyl sites for hydroxylation is 1. The van der Waals surface area contributed by atoms with Crippen LogP contribution in [-0.4, -0.2) is 18.5 Å². The zero-order valence-corrected chi connectivity index (χ0v) is 29.8. The molecule has 0 aromatic heterocycles. The lowest BCUT2D eigenvalue weighted by molar-refractivity contribution is 0.0489. The van der Waals surface area contributed by atoms with Crippen molar-refractivity contribution in [2.24, 2.45) is 0 Å². The van der Waals surface area contributed by atoms with E-state index in [1.165, 1.54) is 61.1 Å². The minimum atomic E-state index is -0.518. The molecular formula is C46H50O4. The van der Waals surface area contributed by atoms with Gasteiger partial charge in [0.05, 0.1) is 17.7 Å². The molecule has 0 atom stereocenters. The Morgan fingerprint density at radius 1 is 0.500 bits per heavy atom. The number of hydrogen-bond acceptors (Lipinski definition) is 4. The fourth-order valence-corrected chi connectivity index (χ4v) is 7.12. The molecule has 6 aromatic carbocycles. The minimum Gasteiger partial charge on any atom is -0.462 e. The number of rotatable bonds is 17. The lowest BCUT2D eigenvalue weighted by Gasteiger charge is -2.15. The Morgan fingerprint density at radius 2 is 1.04 bits per heavy atom. The van der Waals surface area contributed by atoms with Crippen molar-refractivity contribution in [3.05, 3.63) is 114 Å². The molecule has 0 fully saturated rings. The predicted molar refractivity (Wildman–Crippen MR) is 209 cm³/mol. The van der Waals surface area contributed by atoms with Gasteiger partial charge in [0.1, 0.15) is 5.75 Å². The highest BCUT2D eigenvalue weighted by Gasteiger charge is 2.24. The van der Waals surface area contributed by atoms with Crippen LogP contribution in [0.15, 0.2) is 97.1 Å². The second-order valence-electron chi connectivity index (χ2n) is 13.7. The van der Waals surface area contributed by atoms with Gasteiger partial charge in [-0.3, -0.25) is 0 Å². The maximum absolute atomic E-state index is 14.2. The average Bonchev–Trinajstić information content (AvgIpc) is 3.13. The zero-order valence-electron chi connectivity index (χ0n) is 29.8. The van der Waals surface area contributed by atoms with Gasteiger partial charge in [0, 0.05) is 5.39 Å². The monoisotopic (exact) mass is 666 g/mol. The Balaban J connectivity index is 1.28. The highest BCUT2D eigenvalue weighted by molar-refractivity contribution is 6.10. The fraction of sp³-hybridized carbons (Fsp3) is 0.348. The van der Waals surface area contributed by atoms with Crippen molar-refractivity contribution in [2.75, 3.05) is 6.61 Å². The largest absolute Gasteiger partial charge is 0.462 e. The molecule has 50 heavy (non-hydrogen) atoms. The summed E-state index contributed by atoms with van der Waals surface area (Å²) in [5.74, 6) is -0.497. The van der Waals surface area contributed by atoms with Crippen LogP contribution in [0.2, 0.25) is 0 Å². The van der Waals surface area contributed by atoms with E-state index in [4.69, 9.17) is 9.47 Å². The molecule has 0 saturated heterocycles. The Labute approximate surface area is 296 Å². The van der Waals surface area contributed by atoms with Crippen LogP contribution in [-0.2, 0) is 11.2 Å². The van der Waals surface area contributed by atoms with Gasteiger partial charge in [-0.25, -0.2) is 9.59 Å². The summed E-state index contributed by atoms with van der Waals surface area (Å²) in [6.07, 6.45) is 14.2. The first-order valence-electron chi connectivity index (χ1n) is 18.9. The third-order valence-corrected chi connectivity index (χ3v) is 9.93. The van der Waals surface area contributed by atoms with Crippen LogP contribution in [0.4, 0.5) is 0 Å². The Morgan fingerprint density at radius 3 is 1.72 bits per heavy atom. The van der Waals surface area contributed by atoms with Gasteiger partial charge >= 0.3 is 11.9 Å². The normalized spacial score (nSPS) is 11.5. The number of unbranched alkanes of at least 4 members (excludes halogenated alkanes) is 10. The first kappa shape index (κ1) is 35.1. The van der Waals surface area contributed by atoms with Crippen LogP contribution in [0.25, 0.3) is 43.1 Å². The van der Waals surface area contributed by atoms with E-state index in [-0.39, 0.29) is 5.56 Å². The van der Waals surface area contributed by atoms with Gasteiger partial charge in [0.2, 0.25) is 0 Å². The molecular weight excluding hydrogens is 617 g/mol. The van der Waals surface area contributed by atoms with Crippen molar-refractivity contribution >= 4 is 55.0 Å². The molecule has 258 valence electrons. The average molecular weight is 667 g/mol. The third-order valence-electron chi connectivity index (χ3n) is 9.93. The summed E-state index contributed by atoms with van der Waals surface area (Å²) in [4.78, 5) is 27.7. The topological polar surface area (TPSA) is 52.6 Å². The van der Waals surface area contributed by atoms with Gasteiger partial charge in [0.15, 0.2) is 0 Å². The molecule has 4 heteroatoms. The second-order valence-corrected chi connectivity index (χ2v) is 13.7. The third kappa shape index (κ3) is 8.53. The Bertz CT molecular complexity index is 2090. The van der Waals surface area contributed by atoms with Crippen molar-refractivity contribution in [3.8, 4) is 5.75 Å². The summed E-state index contributed by atoms with van der Waals surface area (Å²) in [5.41, 5.74) is 1.45. The number of carbonyl (C=O) groups is 2. The predicted octanol–water partition coefficient (Wildman–Crippen LogP) is 12.9. The number of carbonyl (C=O) groups excluding carboxylic acids is 2. The molecule has 0 aliphatic heterocycles. The van der Waals surface area contributed by atoms with Crippen LogP contribution >= 0.6 is 0 Å². The van der Waals surface area contributed by atoms with Gasteiger partial charge < -0.3 is 9.47 Å². The van der Waals surface area contributed by atoms with Crippen molar-refractivity contribution in [1.82, 2.24) is 0 Å². The van der Waals surface area contributed by atoms with E-state index in [1.807, 2.05) is 30.3 Å². The maximum Gasteiger partial charge on any atom is 0.344 e. The van der Waals surface area contributed by atoms with Crippen molar-refractivity contribution in [2.45, 2.75) is 97.3 Å². The number of hydrogen-bond donors (Lipinski definition) is 0. The standard InChI is InChI=1S/C46H50O4/c1-3-5-7-9-11-13-19-33-22-17-24-41(45(47)49-26-16-12-10-8-6-4-2)44(33)46(48)50-43-25-18-23-36-29-39-30-37-27-34-20-14-15-21-35(34)28-38(37)31-40(39)32-42(36)43/h14-15,17-18,20-25,27-32H,3-13,16,19,26H2,1-2H3. The second kappa shape index (κ2) is 17.3. The molecule has 4 nitrogen and oxygen atoms in total. The van der Waals surface area contributed by atoms with E-state index >= 15 is 0 Å². The minimum absolute atomic E-state index is 0.286. The summed E-state index contributed by atoms with van der Waals surface area (Å²) >= 11 is 0. The van der Waals surface area contributed by atoms with E-state index in [2.05, 4.69) is 74.5 Å². The van der Waals surface area contributed by atoms with Gasteiger partial charge in [-0.2, -0.15) is 0 Å². The van der Waals surface area contributed by atoms with E-state index in [9.17, 15) is 9.59 Å². The Hall–Kier alpha value is -4.70. The van der Waals surface area contributed by atoms with Crippen LogP contribution in [0.3, 0.4) is 0 Å². The molecule has 0 spiro atoms. The van der Waals surface area contributed by atoms with Crippen LogP contribution < -0.4 is 4.74 Å². The summed E-state index contributed by atoms with van der Waals surface area (Å²) in [7, 11) is 0. The highest BCUT2D eigenvalue weighted by atomic mass is 16.5. The quantitative estimate of drug-likeness (QED) is 0.0421. The van der Waals surface area contributed by atoms with Gasteiger partial charge in [-0.05, 0) is 111 Å². The fourth-order valence-electron chi connectivity index (χ4n) is 7.12. The lowest BCUT2D eigenvalue weighted by atomic mass is 9.96. The number of esters is 2. The van der Waals surface area contributed by atoms with Crippen molar-refractivity contribution in [3.63, 3.8) is 0 Å². The van der Waals surface area contributed by atoms with Crippen LogP contribution in [0.5, 0.6) is 5.75 Å². The van der Waals surface area contributed by atoms with Gasteiger partial charge in [-0.15, -0.1) is 0 Å². The highest BCUT2D eigenvalue weighted by Crippen LogP contribution is 2.34. The van der Waals surface area contributed by atoms with E-state index in [1.54, 1.807) is 6.07 Å². The molecule has 0 unspecified atom stereocenters. The zero-order chi connectivity index (χ0) is 34.7. The summed E-state index contributed by atoms with van der Waals surface area (Å²) in [6, 6.07) is 32.9. The van der Waals surface area contributed by atoms with Gasteiger partial charge in [-0.1, -0.05) is 127 Å². The molecule has 6 aromatic rings. The molecule has 0 saturated carbocycles.